The van der Waals surface area contributed by atoms with Crippen molar-refractivity contribution >= 4 is 17.5 Å². The lowest BCUT2D eigenvalue weighted by Gasteiger charge is -2.40. The zero-order valence-electron chi connectivity index (χ0n) is 16.0. The molecular formula is C21H29ClN2O2. The number of methoxy groups -OCH3 is 1. The van der Waals surface area contributed by atoms with Gasteiger partial charge in [-0.05, 0) is 69.3 Å². The van der Waals surface area contributed by atoms with Crippen LogP contribution in [0.4, 0.5) is 0 Å². The summed E-state index contributed by atoms with van der Waals surface area (Å²) >= 11 is 6.03. The van der Waals surface area contributed by atoms with Crippen LogP contribution in [0.25, 0.3) is 0 Å². The van der Waals surface area contributed by atoms with Crippen LogP contribution in [0.3, 0.4) is 0 Å². The third-order valence-corrected chi connectivity index (χ3v) is 7.15. The Morgan fingerprint density at radius 1 is 1.15 bits per heavy atom. The summed E-state index contributed by atoms with van der Waals surface area (Å²) in [6.07, 6.45) is 4.36. The summed E-state index contributed by atoms with van der Waals surface area (Å²) in [7, 11) is 6.09. The molecular weight excluding hydrogens is 348 g/mol. The second-order valence-electron chi connectivity index (χ2n) is 8.60. The van der Waals surface area contributed by atoms with Gasteiger partial charge in [0.15, 0.2) is 0 Å². The highest BCUT2D eigenvalue weighted by molar-refractivity contribution is 6.30. The highest BCUT2D eigenvalue weighted by atomic mass is 35.5. The number of benzene rings is 1. The van der Waals surface area contributed by atoms with Crippen molar-refractivity contribution in [1.29, 1.82) is 0 Å². The van der Waals surface area contributed by atoms with E-state index in [1.165, 1.54) is 0 Å². The summed E-state index contributed by atoms with van der Waals surface area (Å²) in [5, 5.41) is 0.726. The van der Waals surface area contributed by atoms with Crippen molar-refractivity contribution < 1.29 is 9.53 Å². The maximum atomic E-state index is 13.4. The normalized spacial score (nSPS) is 32.6. The lowest BCUT2D eigenvalue weighted by molar-refractivity contribution is -0.133. The van der Waals surface area contributed by atoms with E-state index in [4.69, 9.17) is 16.3 Å². The standard InChI is InChI=1S/C21H29ClN2O2/c1-23(2)18-10-14-12-24(13-15(14)11-19(18)26-3)20(25)21(8-9-21)16-4-6-17(22)7-5-16/h4-7,14-15,18-19H,8-13H2,1-3H3/t14-,15+,18-,19-/m1/s1. The molecule has 1 saturated heterocycles. The molecule has 2 aliphatic carbocycles. The first-order valence-corrected chi connectivity index (χ1v) is 10.1. The summed E-state index contributed by atoms with van der Waals surface area (Å²) in [5.74, 6) is 1.49. The Kier molecular flexibility index (Phi) is 4.79. The smallest absolute Gasteiger partial charge is 0.233 e. The minimum atomic E-state index is -0.292. The van der Waals surface area contributed by atoms with Gasteiger partial charge in [0, 0.05) is 31.3 Å². The van der Waals surface area contributed by atoms with Gasteiger partial charge in [-0.1, -0.05) is 23.7 Å². The lowest BCUT2D eigenvalue weighted by atomic mass is 9.77. The number of carbonyl (C=O) groups excluding carboxylic acids is 1. The minimum absolute atomic E-state index is 0.271. The van der Waals surface area contributed by atoms with Crippen LogP contribution in [0, 0.1) is 11.8 Å². The Labute approximate surface area is 161 Å². The molecule has 4 nitrogen and oxygen atoms in total. The second kappa shape index (κ2) is 6.81. The summed E-state index contributed by atoms with van der Waals surface area (Å²) in [6, 6.07) is 8.30. The highest BCUT2D eigenvalue weighted by Crippen LogP contribution is 2.51. The SMILES string of the molecule is CO[C@@H]1C[C@H]2CN(C(=O)C3(c4ccc(Cl)cc4)CC3)C[C@H]2C[C@H]1N(C)C. The van der Waals surface area contributed by atoms with Crippen molar-refractivity contribution in [2.24, 2.45) is 11.8 Å². The third kappa shape index (κ3) is 3.06. The van der Waals surface area contributed by atoms with E-state index in [9.17, 15) is 4.79 Å². The van der Waals surface area contributed by atoms with Crippen molar-refractivity contribution in [2.45, 2.75) is 43.2 Å². The molecule has 1 aliphatic heterocycles. The monoisotopic (exact) mass is 376 g/mol. The van der Waals surface area contributed by atoms with Gasteiger partial charge < -0.3 is 14.5 Å². The quantitative estimate of drug-likeness (QED) is 0.809. The van der Waals surface area contributed by atoms with E-state index in [-0.39, 0.29) is 11.5 Å². The van der Waals surface area contributed by atoms with Crippen LogP contribution in [0.5, 0.6) is 0 Å². The fourth-order valence-electron chi connectivity index (χ4n) is 5.18. The molecule has 2 saturated carbocycles. The summed E-state index contributed by atoms with van der Waals surface area (Å²) < 4.78 is 5.77. The average molecular weight is 377 g/mol. The van der Waals surface area contributed by atoms with E-state index in [1.807, 2.05) is 31.4 Å². The van der Waals surface area contributed by atoms with E-state index in [0.29, 0.717) is 23.8 Å². The molecule has 26 heavy (non-hydrogen) atoms. The summed E-state index contributed by atoms with van der Waals surface area (Å²) in [6.45, 7) is 1.79. The number of carbonyl (C=O) groups is 1. The zero-order valence-corrected chi connectivity index (χ0v) is 16.7. The molecule has 0 aromatic heterocycles. The first kappa shape index (κ1) is 18.3. The van der Waals surface area contributed by atoms with E-state index in [1.54, 1.807) is 0 Å². The van der Waals surface area contributed by atoms with Crippen molar-refractivity contribution in [2.75, 3.05) is 34.3 Å². The van der Waals surface area contributed by atoms with Crippen molar-refractivity contribution in [3.05, 3.63) is 34.9 Å². The van der Waals surface area contributed by atoms with Crippen LogP contribution in [0.2, 0.25) is 5.02 Å². The molecule has 0 bridgehead atoms. The van der Waals surface area contributed by atoms with E-state index >= 15 is 0 Å². The number of amides is 1. The Hall–Kier alpha value is -1.10. The predicted molar refractivity (Wildman–Crippen MR) is 103 cm³/mol. The van der Waals surface area contributed by atoms with Gasteiger partial charge in [-0.2, -0.15) is 0 Å². The number of fused-ring (bicyclic) bond motifs is 1. The first-order valence-electron chi connectivity index (χ1n) is 9.69. The Morgan fingerprint density at radius 3 is 2.31 bits per heavy atom. The molecule has 1 amide bonds. The third-order valence-electron chi connectivity index (χ3n) is 6.89. The fourth-order valence-corrected chi connectivity index (χ4v) is 5.30. The minimum Gasteiger partial charge on any atom is -0.380 e. The molecule has 4 atom stereocenters. The van der Waals surface area contributed by atoms with Gasteiger partial charge in [0.05, 0.1) is 11.5 Å². The number of hydrogen-bond donors (Lipinski definition) is 0. The molecule has 0 radical (unpaired) electrons. The van der Waals surface area contributed by atoms with E-state index in [2.05, 4.69) is 23.9 Å². The molecule has 3 fully saturated rings. The van der Waals surface area contributed by atoms with Gasteiger partial charge in [-0.3, -0.25) is 4.79 Å². The van der Waals surface area contributed by atoms with Crippen LogP contribution in [0.15, 0.2) is 24.3 Å². The molecule has 142 valence electrons. The molecule has 0 unspecified atom stereocenters. The van der Waals surface area contributed by atoms with Crippen molar-refractivity contribution in [1.82, 2.24) is 9.80 Å². The predicted octanol–water partition coefficient (Wildman–Crippen LogP) is 3.19. The second-order valence-corrected chi connectivity index (χ2v) is 9.03. The van der Waals surface area contributed by atoms with E-state index < -0.39 is 0 Å². The molecule has 1 aromatic carbocycles. The van der Waals surface area contributed by atoms with Crippen LogP contribution in [0.1, 0.15) is 31.2 Å². The van der Waals surface area contributed by atoms with Crippen LogP contribution in [-0.2, 0) is 14.9 Å². The Balaban J connectivity index is 1.49. The molecule has 3 aliphatic rings. The number of rotatable bonds is 4. The van der Waals surface area contributed by atoms with Gasteiger partial charge in [0.25, 0.3) is 0 Å². The van der Waals surface area contributed by atoms with Gasteiger partial charge in [-0.25, -0.2) is 0 Å². The molecule has 5 heteroatoms. The molecule has 1 aromatic rings. The van der Waals surface area contributed by atoms with Crippen molar-refractivity contribution in [3.63, 3.8) is 0 Å². The van der Waals surface area contributed by atoms with Gasteiger partial charge >= 0.3 is 0 Å². The van der Waals surface area contributed by atoms with Gasteiger partial charge in [-0.15, -0.1) is 0 Å². The number of likely N-dealkylation sites (tertiary alicyclic amines) is 1. The number of ether oxygens (including phenoxy) is 1. The average Bonchev–Trinajstić information content (AvgIpc) is 3.33. The fraction of sp³-hybridized carbons (Fsp3) is 0.667. The van der Waals surface area contributed by atoms with Crippen molar-refractivity contribution in [3.8, 4) is 0 Å². The molecule has 0 N–H and O–H groups in total. The number of likely N-dealkylation sites (N-methyl/N-ethyl adjacent to an activating group) is 1. The van der Waals surface area contributed by atoms with Crippen LogP contribution in [-0.4, -0.2) is 62.1 Å². The maximum Gasteiger partial charge on any atom is 0.233 e. The number of hydrogen-bond acceptors (Lipinski definition) is 3. The summed E-state index contributed by atoms with van der Waals surface area (Å²) in [4.78, 5) is 17.8. The summed E-state index contributed by atoms with van der Waals surface area (Å²) in [5.41, 5.74) is 0.836. The lowest BCUT2D eigenvalue weighted by Crippen LogP contribution is -2.47. The number of nitrogens with zero attached hydrogens (tertiary/aromatic N) is 2. The molecule has 0 spiro atoms. The van der Waals surface area contributed by atoms with Gasteiger partial charge in [0.1, 0.15) is 0 Å². The molecule has 1 heterocycles. The van der Waals surface area contributed by atoms with Crippen LogP contribution >= 0.6 is 11.6 Å². The largest absolute Gasteiger partial charge is 0.380 e. The Morgan fingerprint density at radius 2 is 1.77 bits per heavy atom. The maximum absolute atomic E-state index is 13.4. The molecule has 4 rings (SSSR count). The van der Waals surface area contributed by atoms with Crippen LogP contribution < -0.4 is 0 Å². The first-order chi connectivity index (χ1) is 12.4. The van der Waals surface area contributed by atoms with E-state index in [0.717, 1.165) is 49.4 Å². The highest BCUT2D eigenvalue weighted by Gasteiger charge is 2.55. The van der Waals surface area contributed by atoms with Gasteiger partial charge in [0.2, 0.25) is 5.91 Å². The zero-order chi connectivity index (χ0) is 18.5. The number of halogens is 1. The topological polar surface area (TPSA) is 32.8 Å². The Bertz CT molecular complexity index is 671.